The quantitative estimate of drug-likeness (QED) is 0.622. The maximum Gasteiger partial charge on any atom is 0.309 e. The molecule has 3 nitrogen and oxygen atoms in total. The molecule has 0 aliphatic carbocycles. The molecule has 2 rings (SSSR count). The molecule has 0 bridgehead atoms. The van der Waals surface area contributed by atoms with Crippen LogP contribution < -0.4 is 0 Å². The summed E-state index contributed by atoms with van der Waals surface area (Å²) in [7, 11) is 0. The van der Waals surface area contributed by atoms with E-state index < -0.39 is 0 Å². The zero-order chi connectivity index (χ0) is 13.7. The predicted octanol–water partition coefficient (Wildman–Crippen LogP) is 2.69. The molecular formula is C15H27NO2. The van der Waals surface area contributed by atoms with Crippen molar-refractivity contribution < 1.29 is 9.53 Å². The van der Waals surface area contributed by atoms with Gasteiger partial charge in [-0.3, -0.25) is 9.69 Å². The molecule has 2 fully saturated rings. The Bertz CT molecular complexity index is 337. The molecule has 2 saturated heterocycles. The molecule has 3 heteroatoms. The summed E-state index contributed by atoms with van der Waals surface area (Å²) in [5.74, 6) is 0.561. The topological polar surface area (TPSA) is 29.5 Å². The first-order valence-corrected chi connectivity index (χ1v) is 7.04. The van der Waals surface area contributed by atoms with Crippen LogP contribution in [0.3, 0.4) is 0 Å². The van der Waals surface area contributed by atoms with E-state index in [1.807, 2.05) is 0 Å². The van der Waals surface area contributed by atoms with E-state index in [-0.39, 0.29) is 22.8 Å². The lowest BCUT2D eigenvalue weighted by Crippen LogP contribution is -2.59. The third kappa shape index (κ3) is 2.42. The number of carbonyl (C=O) groups is 1. The zero-order valence-corrected chi connectivity index (χ0v) is 12.6. The van der Waals surface area contributed by atoms with E-state index >= 15 is 0 Å². The maximum absolute atomic E-state index is 11.8. The Kier molecular flexibility index (Phi) is 3.25. The van der Waals surface area contributed by atoms with Crippen LogP contribution in [0.5, 0.6) is 0 Å². The number of carbonyl (C=O) groups excluding carboxylic acids is 1. The van der Waals surface area contributed by atoms with Gasteiger partial charge in [0.15, 0.2) is 0 Å². The van der Waals surface area contributed by atoms with Gasteiger partial charge in [0, 0.05) is 24.0 Å². The average Bonchev–Trinajstić information content (AvgIpc) is 2.56. The second kappa shape index (κ2) is 4.22. The van der Waals surface area contributed by atoms with Crippen LogP contribution in [0.2, 0.25) is 0 Å². The number of fused-ring (bicyclic) bond motifs is 1. The molecule has 0 aromatic heterocycles. The molecule has 2 aliphatic rings. The molecule has 2 aliphatic heterocycles. The number of ether oxygens (including phenoxy) is 1. The Labute approximate surface area is 111 Å². The van der Waals surface area contributed by atoms with Gasteiger partial charge in [-0.15, -0.1) is 0 Å². The first-order valence-electron chi connectivity index (χ1n) is 7.04. The largest absolute Gasteiger partial charge is 0.465 e. The second-order valence-electron chi connectivity index (χ2n) is 7.94. The Morgan fingerprint density at radius 2 is 1.78 bits per heavy atom. The summed E-state index contributed by atoms with van der Waals surface area (Å²) >= 11 is 0. The maximum atomic E-state index is 11.8. The molecule has 0 aromatic rings. The summed E-state index contributed by atoms with van der Waals surface area (Å²) in [6, 6.07) is 0.449. The van der Waals surface area contributed by atoms with Crippen LogP contribution in [0.25, 0.3) is 0 Å². The molecule has 3 atom stereocenters. The molecule has 0 radical (unpaired) electrons. The van der Waals surface area contributed by atoms with E-state index in [2.05, 4.69) is 46.4 Å². The van der Waals surface area contributed by atoms with Crippen molar-refractivity contribution >= 4 is 5.97 Å². The number of hydrogen-bond acceptors (Lipinski definition) is 3. The fourth-order valence-electron chi connectivity index (χ4n) is 3.38. The van der Waals surface area contributed by atoms with Crippen molar-refractivity contribution in [3.05, 3.63) is 0 Å². The average molecular weight is 253 g/mol. The van der Waals surface area contributed by atoms with Crippen molar-refractivity contribution in [3.8, 4) is 0 Å². The van der Waals surface area contributed by atoms with Gasteiger partial charge in [0.25, 0.3) is 0 Å². The normalized spacial score (nSPS) is 34.3. The molecule has 3 unspecified atom stereocenters. The van der Waals surface area contributed by atoms with Gasteiger partial charge in [0.1, 0.15) is 0 Å². The lowest BCUT2D eigenvalue weighted by molar-refractivity contribution is -0.143. The minimum Gasteiger partial charge on any atom is -0.465 e. The lowest BCUT2D eigenvalue weighted by atomic mass is 9.72. The van der Waals surface area contributed by atoms with Crippen LogP contribution in [0.15, 0.2) is 0 Å². The highest BCUT2D eigenvalue weighted by Gasteiger charge is 2.49. The molecule has 2 heterocycles. The van der Waals surface area contributed by atoms with Crippen LogP contribution in [-0.4, -0.2) is 35.6 Å². The van der Waals surface area contributed by atoms with Crippen LogP contribution >= 0.6 is 0 Å². The third-order valence-electron chi connectivity index (χ3n) is 4.46. The summed E-state index contributed by atoms with van der Waals surface area (Å²) in [6.45, 7) is 15.2. The number of hydrogen-bond donors (Lipinski definition) is 0. The molecule has 0 amide bonds. The molecule has 0 spiro atoms. The summed E-state index contributed by atoms with van der Waals surface area (Å²) in [5, 5.41) is 0. The van der Waals surface area contributed by atoms with E-state index in [1.54, 1.807) is 0 Å². The van der Waals surface area contributed by atoms with E-state index in [1.165, 1.54) is 0 Å². The van der Waals surface area contributed by atoms with Gasteiger partial charge in [-0.2, -0.15) is 0 Å². The number of cyclic esters (lactones) is 1. The SMILES string of the molecule is CC(C)(C)C1CC2C(=O)OCC2CN1C(C)(C)C. The molecule has 0 N–H and O–H groups in total. The van der Waals surface area contributed by atoms with Crippen molar-refractivity contribution in [3.63, 3.8) is 0 Å². The Morgan fingerprint density at radius 3 is 2.28 bits per heavy atom. The number of likely N-dealkylation sites (tertiary alicyclic amines) is 1. The molecular weight excluding hydrogens is 226 g/mol. The Balaban J connectivity index is 2.26. The monoisotopic (exact) mass is 253 g/mol. The van der Waals surface area contributed by atoms with E-state index in [9.17, 15) is 4.79 Å². The van der Waals surface area contributed by atoms with E-state index in [0.29, 0.717) is 18.6 Å². The Hall–Kier alpha value is -0.570. The zero-order valence-electron chi connectivity index (χ0n) is 12.6. The summed E-state index contributed by atoms with van der Waals surface area (Å²) < 4.78 is 5.26. The van der Waals surface area contributed by atoms with Gasteiger partial charge >= 0.3 is 5.97 Å². The summed E-state index contributed by atoms with van der Waals surface area (Å²) in [5.41, 5.74) is 0.343. The minimum atomic E-state index is 0.0304. The first-order chi connectivity index (χ1) is 8.10. The number of nitrogens with zero attached hydrogens (tertiary/aromatic N) is 1. The fraction of sp³-hybridized carbons (Fsp3) is 0.933. The van der Waals surface area contributed by atoms with Crippen molar-refractivity contribution in [1.82, 2.24) is 4.90 Å². The van der Waals surface area contributed by atoms with Crippen molar-refractivity contribution in [2.24, 2.45) is 17.3 Å². The Morgan fingerprint density at radius 1 is 1.17 bits per heavy atom. The highest BCUT2D eigenvalue weighted by molar-refractivity contribution is 5.75. The number of esters is 1. The third-order valence-corrected chi connectivity index (χ3v) is 4.46. The predicted molar refractivity (Wildman–Crippen MR) is 72.3 cm³/mol. The van der Waals surface area contributed by atoms with Crippen LogP contribution in [0.1, 0.15) is 48.0 Å². The van der Waals surface area contributed by atoms with Gasteiger partial charge in [0.2, 0.25) is 0 Å². The van der Waals surface area contributed by atoms with Crippen LogP contribution in [-0.2, 0) is 9.53 Å². The van der Waals surface area contributed by atoms with Gasteiger partial charge in [-0.05, 0) is 32.6 Å². The van der Waals surface area contributed by atoms with E-state index in [4.69, 9.17) is 4.74 Å². The van der Waals surface area contributed by atoms with Crippen LogP contribution in [0, 0.1) is 17.3 Å². The van der Waals surface area contributed by atoms with Gasteiger partial charge in [-0.1, -0.05) is 20.8 Å². The van der Waals surface area contributed by atoms with Crippen molar-refractivity contribution in [2.45, 2.75) is 59.5 Å². The minimum absolute atomic E-state index is 0.0304. The second-order valence-corrected chi connectivity index (χ2v) is 7.94. The number of piperidine rings is 1. The smallest absolute Gasteiger partial charge is 0.309 e. The number of rotatable bonds is 0. The first kappa shape index (κ1) is 13.9. The van der Waals surface area contributed by atoms with Crippen molar-refractivity contribution in [1.29, 1.82) is 0 Å². The summed E-state index contributed by atoms with van der Waals surface area (Å²) in [6.07, 6.45) is 0.949. The standard InChI is InChI=1S/C15H27NO2/c1-14(2,3)12-7-11-10(9-18-13(11)17)8-16(12)15(4,5)6/h10-12H,7-9H2,1-6H3. The molecule has 0 aromatic carbocycles. The molecule has 0 saturated carbocycles. The lowest BCUT2D eigenvalue weighted by Gasteiger charge is -2.52. The van der Waals surface area contributed by atoms with Crippen LogP contribution in [0.4, 0.5) is 0 Å². The van der Waals surface area contributed by atoms with Gasteiger partial charge in [0.05, 0.1) is 12.5 Å². The summed E-state index contributed by atoms with van der Waals surface area (Å²) in [4.78, 5) is 14.4. The fourth-order valence-corrected chi connectivity index (χ4v) is 3.38. The molecule has 18 heavy (non-hydrogen) atoms. The van der Waals surface area contributed by atoms with Gasteiger partial charge in [-0.25, -0.2) is 0 Å². The van der Waals surface area contributed by atoms with E-state index in [0.717, 1.165) is 13.0 Å². The van der Waals surface area contributed by atoms with Gasteiger partial charge < -0.3 is 4.74 Å². The highest BCUT2D eigenvalue weighted by atomic mass is 16.5. The molecule has 104 valence electrons. The van der Waals surface area contributed by atoms with Crippen molar-refractivity contribution in [2.75, 3.05) is 13.2 Å². The highest BCUT2D eigenvalue weighted by Crippen LogP contribution is 2.42.